The average molecular weight is 1450 g/mol. The van der Waals surface area contributed by atoms with Gasteiger partial charge >= 0.3 is 0 Å². The molecule has 12 rings (SSSR count). The molecule has 512 valence electrons. The van der Waals surface area contributed by atoms with Gasteiger partial charge in [-0.1, -0.05) is 23.2 Å². The minimum atomic E-state index is -1.68. The fourth-order valence-electron chi connectivity index (χ4n) is 10.1. The molecule has 0 saturated heterocycles. The first-order valence-corrected chi connectivity index (χ1v) is 35.3. The summed E-state index contributed by atoms with van der Waals surface area (Å²) in [5.41, 5.74) is 11.5. The van der Waals surface area contributed by atoms with E-state index in [1.807, 2.05) is 32.0 Å². The lowest BCUT2D eigenvalue weighted by Gasteiger charge is -2.10. The Kier molecular flexibility index (Phi) is 23.0. The molecule has 4 unspecified atom stereocenters. The molecule has 0 spiro atoms. The van der Waals surface area contributed by atoms with E-state index in [1.54, 1.807) is 110 Å². The monoisotopic (exact) mass is 1450 g/mol. The van der Waals surface area contributed by atoms with Crippen LogP contribution in [-0.2, 0) is 66.2 Å². The van der Waals surface area contributed by atoms with E-state index in [4.69, 9.17) is 42.1 Å². The van der Waals surface area contributed by atoms with Crippen molar-refractivity contribution in [3.63, 3.8) is 0 Å². The lowest BCUT2D eigenvalue weighted by atomic mass is 10.1. The van der Waals surface area contributed by atoms with Crippen molar-refractivity contribution in [2.75, 3.05) is 28.4 Å². The SMILES string of the molecule is COc1ccc2nc(S(=O)Cc3c(C)c(Cl)c(C)c[n+]3[O-])[nH]c2c1.COc1ccc2nc(S(=O)Cc3c(C)c([N+](=O)[O-])c(C)c[n+]3[O-])[nH]c2c1.COc1ccc2nc(S(=O)Cc3ncc(C)c(Cl)c3C)[nH]c2c1.COc1ccc2nc(S(=O)Cc3ncc(C)c([N+](=O)[O-])c3C)[nH]c2c1. The van der Waals surface area contributed by atoms with Crippen molar-refractivity contribution in [2.45, 2.75) is 99.0 Å². The van der Waals surface area contributed by atoms with Crippen molar-refractivity contribution in [1.82, 2.24) is 49.8 Å². The van der Waals surface area contributed by atoms with Crippen LogP contribution in [0.25, 0.3) is 44.1 Å². The molecule has 0 aliphatic carbocycles. The van der Waals surface area contributed by atoms with Crippen LogP contribution in [0, 0.1) is 86.0 Å². The molecule has 4 atom stereocenters. The summed E-state index contributed by atoms with van der Waals surface area (Å²) in [5, 5.41) is 49.1. The van der Waals surface area contributed by atoms with Gasteiger partial charge in [0.15, 0.2) is 33.0 Å². The minimum Gasteiger partial charge on any atom is -0.618 e. The number of hydrogen-bond donors (Lipinski definition) is 4. The van der Waals surface area contributed by atoms with Crippen LogP contribution in [0.5, 0.6) is 23.0 Å². The Morgan fingerprint density at radius 3 is 1.09 bits per heavy atom. The highest BCUT2D eigenvalue weighted by molar-refractivity contribution is 7.84. The number of methoxy groups -OCH3 is 4. The lowest BCUT2D eigenvalue weighted by molar-refractivity contribution is -0.614. The number of nitro groups is 2. The quantitative estimate of drug-likeness (QED) is 0.0268. The number of nitrogens with one attached hydrogen (secondary N) is 4. The number of aromatic amines is 4. The second kappa shape index (κ2) is 31.1. The zero-order valence-electron chi connectivity index (χ0n) is 54.6. The molecule has 0 amide bonds. The van der Waals surface area contributed by atoms with E-state index >= 15 is 0 Å². The number of rotatable bonds is 18. The first-order chi connectivity index (χ1) is 46.6. The number of hydrogen-bond acceptors (Lipinski definition) is 20. The zero-order valence-corrected chi connectivity index (χ0v) is 59.4. The molecule has 0 fully saturated rings. The number of imidazole rings is 4. The molecule has 0 bridgehead atoms. The standard InChI is InChI=1S/C16H16ClN3O3S.C16H16ClN3O2S.C16H16N4O5S.C16H16N4O4S/c1-9-7-20(21)14(10(2)15(9)17)8-24(22)16-18-12-5-4-11(23-3)6-13(12)19-16;1-9-7-18-14(10(2)15(9)17)8-23(21)16-19-12-5-4-11(22-3)6-13(12)20-16;1-9-7-19(21)14(10(2)15(9)20(22)23)8-26(24)16-17-12-5-4-11(25-3)6-13(12)18-16;1-9-7-17-14(10(2)15(9)20(21)22)8-25(23)16-18-12-5-4-11(24-3)6-13(12)19-16/h4-7H,8H2,1-3H3,(H,18,19);4-7H,8H2,1-3H3,(H,19,20);4-7H,8H2,1-3H3,(H,17,18);4-7H,8H2,1-3H3,(H,18,19). The van der Waals surface area contributed by atoms with Crippen LogP contribution in [-0.4, -0.2) is 105 Å². The second-order valence-corrected chi connectivity index (χ2v) is 28.2. The van der Waals surface area contributed by atoms with Crippen molar-refractivity contribution >= 4 is 122 Å². The van der Waals surface area contributed by atoms with Crippen molar-refractivity contribution in [3.8, 4) is 23.0 Å². The Labute approximate surface area is 579 Å². The third kappa shape index (κ3) is 16.2. The van der Waals surface area contributed by atoms with Crippen molar-refractivity contribution in [2.24, 2.45) is 0 Å². The van der Waals surface area contributed by atoms with Crippen LogP contribution in [0.3, 0.4) is 0 Å². The van der Waals surface area contributed by atoms with Crippen LogP contribution in [0.2, 0.25) is 10.0 Å². The van der Waals surface area contributed by atoms with E-state index in [2.05, 4.69) is 49.8 Å². The molecule has 4 aromatic carbocycles. The Balaban J connectivity index is 0.000000153. The van der Waals surface area contributed by atoms with Crippen LogP contribution in [0.15, 0.2) is 118 Å². The molecular weight excluding hydrogens is 1390 g/mol. The van der Waals surface area contributed by atoms with Gasteiger partial charge in [0.2, 0.25) is 11.4 Å². The molecule has 0 aliphatic heterocycles. The number of H-pyrrole nitrogens is 4. The number of benzene rings is 4. The average Bonchev–Trinajstić information content (AvgIpc) is 1.12. The Morgan fingerprint density at radius 2 is 0.735 bits per heavy atom. The number of fused-ring (bicyclic) bond motifs is 4. The van der Waals surface area contributed by atoms with Crippen LogP contribution < -0.4 is 28.4 Å². The summed E-state index contributed by atoms with van der Waals surface area (Å²) in [5.74, 6) is 2.86. The van der Waals surface area contributed by atoms with Crippen LogP contribution in [0.4, 0.5) is 11.4 Å². The first kappa shape index (κ1) is 72.4. The highest BCUT2D eigenvalue weighted by Crippen LogP contribution is 2.31. The number of pyridine rings is 4. The third-order valence-electron chi connectivity index (χ3n) is 15.5. The Bertz CT molecular complexity index is 5180. The number of nitrogens with zero attached hydrogens (tertiary/aromatic N) is 10. The zero-order chi connectivity index (χ0) is 71.1. The topological polar surface area (TPSA) is 386 Å². The van der Waals surface area contributed by atoms with Gasteiger partial charge in [-0.3, -0.25) is 47.0 Å². The van der Waals surface area contributed by atoms with E-state index in [9.17, 15) is 47.5 Å². The van der Waals surface area contributed by atoms with Crippen LogP contribution >= 0.6 is 23.2 Å². The molecule has 28 nitrogen and oxygen atoms in total. The van der Waals surface area contributed by atoms with E-state index in [-0.39, 0.29) is 56.4 Å². The molecule has 12 aromatic rings. The molecular formula is C64H64Cl2N14O14S4. The van der Waals surface area contributed by atoms with E-state index in [1.165, 1.54) is 33.4 Å². The van der Waals surface area contributed by atoms with E-state index in [0.717, 1.165) is 50.0 Å². The summed E-state index contributed by atoms with van der Waals surface area (Å²) in [6.45, 7) is 13.5. The Hall–Kier alpha value is -9.86. The number of halogens is 2. The molecule has 8 heterocycles. The molecule has 0 saturated carbocycles. The molecule has 8 aromatic heterocycles. The maximum Gasteiger partial charge on any atom is 0.287 e. The van der Waals surface area contributed by atoms with Gasteiger partial charge in [0.1, 0.15) is 34.5 Å². The molecule has 98 heavy (non-hydrogen) atoms. The highest BCUT2D eigenvalue weighted by atomic mass is 35.5. The summed E-state index contributed by atoms with van der Waals surface area (Å²) in [6, 6.07) is 21.3. The van der Waals surface area contributed by atoms with Gasteiger partial charge < -0.3 is 49.3 Å². The maximum atomic E-state index is 12.7. The van der Waals surface area contributed by atoms with Gasteiger partial charge in [0.25, 0.3) is 11.4 Å². The van der Waals surface area contributed by atoms with Gasteiger partial charge in [0, 0.05) is 63.9 Å². The van der Waals surface area contributed by atoms with E-state index < -0.39 is 53.0 Å². The molecule has 0 radical (unpaired) electrons. The van der Waals surface area contributed by atoms with Gasteiger partial charge in [-0.25, -0.2) is 19.9 Å². The minimum absolute atomic E-state index is 0.0105. The van der Waals surface area contributed by atoms with Crippen molar-refractivity contribution in [1.29, 1.82) is 0 Å². The van der Waals surface area contributed by atoms with Crippen LogP contribution in [0.1, 0.15) is 67.3 Å². The van der Waals surface area contributed by atoms with Crippen molar-refractivity contribution < 1.29 is 55.1 Å². The molecule has 4 N–H and O–H groups in total. The number of ether oxygens (including phenoxy) is 4. The largest absolute Gasteiger partial charge is 0.618 e. The van der Waals surface area contributed by atoms with Gasteiger partial charge in [-0.05, 0) is 115 Å². The summed E-state index contributed by atoms with van der Waals surface area (Å²) < 4.78 is 72.4. The summed E-state index contributed by atoms with van der Waals surface area (Å²) in [6.07, 6.45) is 5.65. The van der Waals surface area contributed by atoms with Gasteiger partial charge in [0.05, 0.1) is 165 Å². The van der Waals surface area contributed by atoms with Gasteiger partial charge in [-0.15, -0.1) is 0 Å². The number of aromatic nitrogens is 12. The predicted molar refractivity (Wildman–Crippen MR) is 372 cm³/mol. The van der Waals surface area contributed by atoms with Crippen molar-refractivity contribution in [3.05, 3.63) is 206 Å². The van der Waals surface area contributed by atoms with E-state index in [0.29, 0.717) is 109 Å². The second-order valence-electron chi connectivity index (χ2n) is 21.9. The maximum absolute atomic E-state index is 12.7. The molecule has 0 aliphatic rings. The Morgan fingerprint density at radius 1 is 0.429 bits per heavy atom. The highest BCUT2D eigenvalue weighted by Gasteiger charge is 2.29. The normalized spacial score (nSPS) is 12.4. The lowest BCUT2D eigenvalue weighted by Crippen LogP contribution is -2.34. The van der Waals surface area contributed by atoms with Gasteiger partial charge in [-0.2, -0.15) is 9.46 Å². The third-order valence-corrected chi connectivity index (χ3v) is 21.3. The first-order valence-electron chi connectivity index (χ1n) is 29.2. The smallest absolute Gasteiger partial charge is 0.287 e. The fraction of sp³-hybridized carbons (Fsp3) is 0.250. The summed E-state index contributed by atoms with van der Waals surface area (Å²) >= 11 is 12.4. The number of aryl methyl sites for hydroxylation is 4. The summed E-state index contributed by atoms with van der Waals surface area (Å²) in [7, 11) is 0.274. The predicted octanol–water partition coefficient (Wildman–Crippen LogP) is 11.2. The molecule has 34 heteroatoms. The fourth-order valence-corrected chi connectivity index (χ4v) is 14.9. The summed E-state index contributed by atoms with van der Waals surface area (Å²) in [4.78, 5) is 59.3.